The molecule has 0 spiro atoms. The maximum Gasteiger partial charge on any atom is 0.171 e. The number of halogens is 3. The molecule has 0 saturated heterocycles. The molecule has 0 amide bonds. The molecular formula is C18H17Cl2FN2S. The standard InChI is InChI=1S/C18H17Cl2FN2S/c19-14-6-2-1-5-13(14)18(9-3-4-10-18)23-17(24)22-12-7-8-16(21)15(20)11-12/h1-2,5-8,11H,3-4,9-10H2,(H2,22,23,24). The van der Waals surface area contributed by atoms with Gasteiger partial charge in [0.05, 0.1) is 10.6 Å². The van der Waals surface area contributed by atoms with Crippen LogP contribution in [0.5, 0.6) is 0 Å². The lowest BCUT2D eigenvalue weighted by molar-refractivity contribution is 0.408. The third-order valence-corrected chi connectivity index (χ3v) is 5.20. The fraction of sp³-hybridized carbons (Fsp3) is 0.278. The maximum atomic E-state index is 13.3. The van der Waals surface area contributed by atoms with Crippen molar-refractivity contribution in [3.8, 4) is 0 Å². The second kappa shape index (κ2) is 7.26. The van der Waals surface area contributed by atoms with Crippen LogP contribution in [0.25, 0.3) is 0 Å². The van der Waals surface area contributed by atoms with E-state index in [9.17, 15) is 4.39 Å². The second-order valence-corrected chi connectivity index (χ2v) is 7.20. The first-order chi connectivity index (χ1) is 11.5. The third-order valence-electron chi connectivity index (χ3n) is 4.38. The normalized spacial score (nSPS) is 16.0. The Kier molecular flexibility index (Phi) is 5.28. The van der Waals surface area contributed by atoms with Crippen LogP contribution in [0.2, 0.25) is 10.0 Å². The number of rotatable bonds is 3. The first-order valence-corrected chi connectivity index (χ1v) is 8.96. The zero-order chi connectivity index (χ0) is 17.2. The summed E-state index contributed by atoms with van der Waals surface area (Å²) in [7, 11) is 0. The Hall–Kier alpha value is -1.36. The SMILES string of the molecule is Fc1ccc(NC(=S)NC2(c3ccccc3Cl)CCCC2)cc1Cl. The summed E-state index contributed by atoms with van der Waals surface area (Å²) in [5.41, 5.74) is 1.43. The molecule has 1 fully saturated rings. The Morgan fingerprint density at radius 3 is 2.42 bits per heavy atom. The van der Waals surface area contributed by atoms with Gasteiger partial charge >= 0.3 is 0 Å². The molecule has 0 aliphatic heterocycles. The van der Waals surface area contributed by atoms with Crippen LogP contribution in [0.15, 0.2) is 42.5 Å². The predicted molar refractivity (Wildman–Crippen MR) is 102 cm³/mol. The van der Waals surface area contributed by atoms with Gasteiger partial charge < -0.3 is 10.6 Å². The number of anilines is 1. The van der Waals surface area contributed by atoms with E-state index in [0.717, 1.165) is 36.3 Å². The molecular weight excluding hydrogens is 366 g/mol. The number of hydrogen-bond donors (Lipinski definition) is 2. The highest BCUT2D eigenvalue weighted by Crippen LogP contribution is 2.41. The van der Waals surface area contributed by atoms with Gasteiger partial charge in [0.15, 0.2) is 5.11 Å². The molecule has 1 aliphatic carbocycles. The van der Waals surface area contributed by atoms with E-state index in [1.807, 2.05) is 24.3 Å². The molecule has 126 valence electrons. The van der Waals surface area contributed by atoms with Gasteiger partial charge in [0.1, 0.15) is 5.82 Å². The van der Waals surface area contributed by atoms with Gasteiger partial charge in [-0.15, -0.1) is 0 Å². The van der Waals surface area contributed by atoms with Crippen LogP contribution >= 0.6 is 35.4 Å². The van der Waals surface area contributed by atoms with Crippen molar-refractivity contribution in [1.29, 1.82) is 0 Å². The van der Waals surface area contributed by atoms with Gasteiger partial charge in [0.25, 0.3) is 0 Å². The minimum Gasteiger partial charge on any atom is -0.353 e. The summed E-state index contributed by atoms with van der Waals surface area (Å²) in [5.74, 6) is -0.454. The van der Waals surface area contributed by atoms with Gasteiger partial charge in [-0.3, -0.25) is 0 Å². The van der Waals surface area contributed by atoms with E-state index in [1.165, 1.54) is 12.1 Å². The molecule has 24 heavy (non-hydrogen) atoms. The Morgan fingerprint density at radius 2 is 1.75 bits per heavy atom. The zero-order valence-corrected chi connectivity index (χ0v) is 15.2. The quantitative estimate of drug-likeness (QED) is 0.647. The van der Waals surface area contributed by atoms with Crippen LogP contribution in [0, 0.1) is 5.82 Å². The van der Waals surface area contributed by atoms with Crippen LogP contribution in [-0.2, 0) is 5.54 Å². The fourth-order valence-corrected chi connectivity index (χ4v) is 4.05. The molecule has 2 aromatic carbocycles. The molecule has 2 nitrogen and oxygen atoms in total. The summed E-state index contributed by atoms with van der Waals surface area (Å²) < 4.78 is 13.3. The Bertz CT molecular complexity index is 760. The number of nitrogens with one attached hydrogen (secondary N) is 2. The van der Waals surface area contributed by atoms with Crippen LogP contribution in [0.3, 0.4) is 0 Å². The van der Waals surface area contributed by atoms with Gasteiger partial charge in [0, 0.05) is 10.7 Å². The number of benzene rings is 2. The highest BCUT2D eigenvalue weighted by Gasteiger charge is 2.37. The van der Waals surface area contributed by atoms with Crippen molar-refractivity contribution in [2.75, 3.05) is 5.32 Å². The van der Waals surface area contributed by atoms with E-state index >= 15 is 0 Å². The lowest BCUT2D eigenvalue weighted by Gasteiger charge is -2.33. The predicted octanol–water partition coefficient (Wildman–Crippen LogP) is 5.89. The van der Waals surface area contributed by atoms with Gasteiger partial charge in [-0.2, -0.15) is 0 Å². The lowest BCUT2D eigenvalue weighted by atomic mass is 9.88. The van der Waals surface area contributed by atoms with Crippen LogP contribution < -0.4 is 10.6 Å². The molecule has 0 radical (unpaired) electrons. The van der Waals surface area contributed by atoms with E-state index in [-0.39, 0.29) is 10.6 Å². The monoisotopic (exact) mass is 382 g/mol. The highest BCUT2D eigenvalue weighted by molar-refractivity contribution is 7.80. The Balaban J connectivity index is 1.80. The zero-order valence-electron chi connectivity index (χ0n) is 12.9. The molecule has 1 aliphatic rings. The number of hydrogen-bond acceptors (Lipinski definition) is 1. The molecule has 2 aromatic rings. The van der Waals surface area contributed by atoms with Crippen molar-refractivity contribution in [2.24, 2.45) is 0 Å². The molecule has 0 unspecified atom stereocenters. The second-order valence-electron chi connectivity index (χ2n) is 5.98. The van der Waals surface area contributed by atoms with E-state index in [2.05, 4.69) is 10.6 Å². The van der Waals surface area contributed by atoms with Crippen LogP contribution in [0.1, 0.15) is 31.2 Å². The average Bonchev–Trinajstić information content (AvgIpc) is 3.00. The lowest BCUT2D eigenvalue weighted by Crippen LogP contribution is -2.45. The largest absolute Gasteiger partial charge is 0.353 e. The average molecular weight is 383 g/mol. The molecule has 2 N–H and O–H groups in total. The van der Waals surface area contributed by atoms with Crippen molar-refractivity contribution in [3.63, 3.8) is 0 Å². The van der Waals surface area contributed by atoms with E-state index in [1.54, 1.807) is 6.07 Å². The summed E-state index contributed by atoms with van der Waals surface area (Å²) >= 11 is 17.7. The summed E-state index contributed by atoms with van der Waals surface area (Å²) in [6.45, 7) is 0. The van der Waals surface area contributed by atoms with E-state index in [0.29, 0.717) is 10.8 Å². The van der Waals surface area contributed by atoms with Crippen molar-refractivity contribution >= 4 is 46.2 Å². The molecule has 6 heteroatoms. The van der Waals surface area contributed by atoms with Crippen LogP contribution in [0.4, 0.5) is 10.1 Å². The van der Waals surface area contributed by atoms with Crippen molar-refractivity contribution in [3.05, 3.63) is 63.9 Å². The molecule has 0 heterocycles. The molecule has 3 rings (SSSR count). The van der Waals surface area contributed by atoms with Gasteiger partial charge in [-0.1, -0.05) is 54.2 Å². The van der Waals surface area contributed by atoms with Gasteiger partial charge in [-0.05, 0) is 54.9 Å². The van der Waals surface area contributed by atoms with Crippen molar-refractivity contribution in [1.82, 2.24) is 5.32 Å². The molecule has 0 bridgehead atoms. The van der Waals surface area contributed by atoms with E-state index < -0.39 is 5.82 Å². The molecule has 0 atom stereocenters. The number of thiocarbonyl (C=S) groups is 1. The maximum absolute atomic E-state index is 13.3. The molecule has 1 saturated carbocycles. The third kappa shape index (κ3) is 3.66. The van der Waals surface area contributed by atoms with Crippen molar-refractivity contribution in [2.45, 2.75) is 31.2 Å². The summed E-state index contributed by atoms with van der Waals surface area (Å²) in [6, 6.07) is 12.3. The van der Waals surface area contributed by atoms with Crippen LogP contribution in [-0.4, -0.2) is 5.11 Å². The van der Waals surface area contributed by atoms with E-state index in [4.69, 9.17) is 35.4 Å². The minimum absolute atomic E-state index is 0.0597. The summed E-state index contributed by atoms with van der Waals surface area (Å²) in [5, 5.41) is 7.78. The summed E-state index contributed by atoms with van der Waals surface area (Å²) in [6.07, 6.45) is 4.15. The highest BCUT2D eigenvalue weighted by atomic mass is 35.5. The topological polar surface area (TPSA) is 24.1 Å². The minimum atomic E-state index is -0.454. The van der Waals surface area contributed by atoms with Gasteiger partial charge in [-0.25, -0.2) is 4.39 Å². The smallest absolute Gasteiger partial charge is 0.171 e. The van der Waals surface area contributed by atoms with Gasteiger partial charge in [0.2, 0.25) is 0 Å². The van der Waals surface area contributed by atoms with Crippen molar-refractivity contribution < 1.29 is 4.39 Å². The fourth-order valence-electron chi connectivity index (χ4n) is 3.24. The summed E-state index contributed by atoms with van der Waals surface area (Å²) in [4.78, 5) is 0. The first kappa shape index (κ1) is 17.5. The molecule has 0 aromatic heterocycles. The Morgan fingerprint density at radius 1 is 1.04 bits per heavy atom. The Labute approximate surface area is 156 Å². The first-order valence-electron chi connectivity index (χ1n) is 7.79.